The van der Waals surface area contributed by atoms with Gasteiger partial charge < -0.3 is 4.90 Å². The van der Waals surface area contributed by atoms with Gasteiger partial charge in [-0.25, -0.2) is 0 Å². The maximum Gasteiger partial charge on any atom is 0.269 e. The molecular formula is C16H14N2O3. The van der Waals surface area contributed by atoms with E-state index in [1.54, 1.807) is 12.1 Å². The molecular weight excluding hydrogens is 268 g/mol. The van der Waals surface area contributed by atoms with E-state index >= 15 is 0 Å². The van der Waals surface area contributed by atoms with Crippen molar-refractivity contribution in [2.45, 2.75) is 0 Å². The van der Waals surface area contributed by atoms with E-state index in [9.17, 15) is 14.9 Å². The van der Waals surface area contributed by atoms with Crippen LogP contribution in [0.15, 0.2) is 60.7 Å². The highest BCUT2D eigenvalue weighted by atomic mass is 16.6. The van der Waals surface area contributed by atoms with E-state index in [0.29, 0.717) is 12.0 Å². The number of nitrogens with zero attached hydrogens (tertiary/aromatic N) is 2. The SMILES string of the molecule is CN(/C(=C/C=O)c1ccc([N+](=O)[O-])cc1)c1ccccc1. The van der Waals surface area contributed by atoms with Crippen LogP contribution in [0, 0.1) is 10.1 Å². The van der Waals surface area contributed by atoms with Gasteiger partial charge in [-0.05, 0) is 29.8 Å². The molecule has 0 fully saturated rings. The number of carbonyl (C=O) groups excluding carboxylic acids is 1. The lowest BCUT2D eigenvalue weighted by atomic mass is 10.1. The first-order valence-corrected chi connectivity index (χ1v) is 6.32. The summed E-state index contributed by atoms with van der Waals surface area (Å²) < 4.78 is 0. The standard InChI is InChI=1S/C16H14N2O3/c1-17(14-5-3-2-4-6-14)16(11-12-19)13-7-9-15(10-8-13)18(20)21/h2-12H,1H3/b16-11+. The van der Waals surface area contributed by atoms with Crippen LogP contribution in [0.2, 0.25) is 0 Å². The maximum atomic E-state index is 10.9. The molecule has 21 heavy (non-hydrogen) atoms. The van der Waals surface area contributed by atoms with Crippen molar-refractivity contribution in [1.29, 1.82) is 0 Å². The molecule has 0 aromatic heterocycles. The van der Waals surface area contributed by atoms with Crippen molar-refractivity contribution in [1.82, 2.24) is 0 Å². The average Bonchev–Trinajstić information content (AvgIpc) is 2.53. The summed E-state index contributed by atoms with van der Waals surface area (Å²) in [5.74, 6) is 0. The third-order valence-corrected chi connectivity index (χ3v) is 3.10. The number of para-hydroxylation sites is 1. The number of nitro benzene ring substituents is 1. The normalized spacial score (nSPS) is 11.0. The van der Waals surface area contributed by atoms with Gasteiger partial charge in [0, 0.05) is 30.9 Å². The molecule has 0 saturated carbocycles. The predicted octanol–water partition coefficient (Wildman–Crippen LogP) is 3.27. The summed E-state index contributed by atoms with van der Waals surface area (Å²) >= 11 is 0. The molecule has 0 saturated heterocycles. The number of benzene rings is 2. The van der Waals surface area contributed by atoms with Crippen LogP contribution in [-0.4, -0.2) is 18.3 Å². The Bertz CT molecular complexity index is 664. The Balaban J connectivity index is 2.38. The monoisotopic (exact) mass is 282 g/mol. The molecule has 5 nitrogen and oxygen atoms in total. The number of allylic oxidation sites excluding steroid dienone is 1. The minimum absolute atomic E-state index is 0.0200. The lowest BCUT2D eigenvalue weighted by molar-refractivity contribution is -0.384. The van der Waals surface area contributed by atoms with Crippen LogP contribution in [0.1, 0.15) is 5.56 Å². The maximum absolute atomic E-state index is 10.9. The Labute approximate surface area is 122 Å². The molecule has 2 aromatic carbocycles. The summed E-state index contributed by atoms with van der Waals surface area (Å²) in [5.41, 5.74) is 2.35. The number of anilines is 1. The lowest BCUT2D eigenvalue weighted by Crippen LogP contribution is -2.15. The van der Waals surface area contributed by atoms with Gasteiger partial charge in [0.2, 0.25) is 0 Å². The van der Waals surface area contributed by atoms with Crippen LogP contribution >= 0.6 is 0 Å². The van der Waals surface area contributed by atoms with Crippen LogP contribution in [0.3, 0.4) is 0 Å². The van der Waals surface area contributed by atoms with Gasteiger partial charge in [-0.3, -0.25) is 14.9 Å². The topological polar surface area (TPSA) is 63.5 Å². The molecule has 5 heteroatoms. The molecule has 2 rings (SSSR count). The zero-order valence-corrected chi connectivity index (χ0v) is 11.5. The quantitative estimate of drug-likeness (QED) is 0.365. The molecule has 106 valence electrons. The Morgan fingerprint density at radius 1 is 1.10 bits per heavy atom. The van der Waals surface area contributed by atoms with Gasteiger partial charge in [-0.15, -0.1) is 0 Å². The summed E-state index contributed by atoms with van der Waals surface area (Å²) in [6, 6.07) is 15.7. The van der Waals surface area contributed by atoms with E-state index in [0.717, 1.165) is 11.3 Å². The molecule has 0 radical (unpaired) electrons. The smallest absolute Gasteiger partial charge is 0.269 e. The van der Waals surface area contributed by atoms with Crippen molar-refractivity contribution >= 4 is 23.4 Å². The van der Waals surface area contributed by atoms with Crippen LogP contribution in [-0.2, 0) is 4.79 Å². The fourth-order valence-electron chi connectivity index (χ4n) is 2.01. The second-order valence-electron chi connectivity index (χ2n) is 4.39. The highest BCUT2D eigenvalue weighted by molar-refractivity contribution is 5.88. The van der Waals surface area contributed by atoms with Gasteiger partial charge in [-0.2, -0.15) is 0 Å². The van der Waals surface area contributed by atoms with Crippen molar-refractivity contribution in [3.8, 4) is 0 Å². The number of hydrogen-bond acceptors (Lipinski definition) is 4. The summed E-state index contributed by atoms with van der Waals surface area (Å²) in [5, 5.41) is 10.7. The predicted molar refractivity (Wildman–Crippen MR) is 82.0 cm³/mol. The molecule has 0 bridgehead atoms. The van der Waals surface area contributed by atoms with E-state index in [1.165, 1.54) is 18.2 Å². The highest BCUT2D eigenvalue weighted by Crippen LogP contribution is 2.25. The fraction of sp³-hybridized carbons (Fsp3) is 0.0625. The zero-order chi connectivity index (χ0) is 15.2. The third-order valence-electron chi connectivity index (χ3n) is 3.10. The number of aldehydes is 1. The van der Waals surface area contributed by atoms with Crippen molar-refractivity contribution in [2.75, 3.05) is 11.9 Å². The van der Waals surface area contributed by atoms with E-state index in [2.05, 4.69) is 0 Å². The first-order chi connectivity index (χ1) is 10.1. The minimum atomic E-state index is -0.451. The van der Waals surface area contributed by atoms with Crippen molar-refractivity contribution in [3.63, 3.8) is 0 Å². The molecule has 0 amide bonds. The van der Waals surface area contributed by atoms with Crippen molar-refractivity contribution in [3.05, 3.63) is 76.4 Å². The van der Waals surface area contributed by atoms with E-state index in [4.69, 9.17) is 0 Å². The molecule has 0 spiro atoms. The lowest BCUT2D eigenvalue weighted by Gasteiger charge is -2.22. The van der Waals surface area contributed by atoms with Gasteiger partial charge in [0.15, 0.2) is 0 Å². The third kappa shape index (κ3) is 3.33. The van der Waals surface area contributed by atoms with Crippen LogP contribution in [0.5, 0.6) is 0 Å². The van der Waals surface area contributed by atoms with E-state index in [-0.39, 0.29) is 5.69 Å². The second-order valence-corrected chi connectivity index (χ2v) is 4.39. The largest absolute Gasteiger partial charge is 0.344 e. The van der Waals surface area contributed by atoms with Gasteiger partial charge in [0.1, 0.15) is 6.29 Å². The molecule has 2 aromatic rings. The first kappa shape index (κ1) is 14.5. The molecule has 0 atom stereocenters. The van der Waals surface area contributed by atoms with Crippen LogP contribution < -0.4 is 4.90 Å². The molecule has 0 heterocycles. The highest BCUT2D eigenvalue weighted by Gasteiger charge is 2.11. The number of rotatable bonds is 5. The van der Waals surface area contributed by atoms with Gasteiger partial charge in [-0.1, -0.05) is 18.2 Å². The van der Waals surface area contributed by atoms with Gasteiger partial charge in [0.25, 0.3) is 5.69 Å². The number of non-ortho nitro benzene ring substituents is 1. The molecule has 0 aliphatic carbocycles. The van der Waals surface area contributed by atoms with Gasteiger partial charge in [0.05, 0.1) is 10.6 Å². The van der Waals surface area contributed by atoms with Gasteiger partial charge >= 0.3 is 0 Å². The molecule has 0 aliphatic heterocycles. The molecule has 0 unspecified atom stereocenters. The molecule has 0 aliphatic rings. The van der Waals surface area contributed by atoms with E-state index < -0.39 is 4.92 Å². The van der Waals surface area contributed by atoms with Crippen molar-refractivity contribution < 1.29 is 9.72 Å². The van der Waals surface area contributed by atoms with Crippen LogP contribution in [0.4, 0.5) is 11.4 Å². The zero-order valence-electron chi connectivity index (χ0n) is 11.5. The average molecular weight is 282 g/mol. The minimum Gasteiger partial charge on any atom is -0.344 e. The fourth-order valence-corrected chi connectivity index (χ4v) is 2.01. The van der Waals surface area contributed by atoms with Crippen LogP contribution in [0.25, 0.3) is 5.70 Å². The number of nitro groups is 1. The van der Waals surface area contributed by atoms with Crippen molar-refractivity contribution in [2.24, 2.45) is 0 Å². The number of hydrogen-bond donors (Lipinski definition) is 0. The Kier molecular flexibility index (Phi) is 4.46. The summed E-state index contributed by atoms with van der Waals surface area (Å²) in [7, 11) is 1.84. The first-order valence-electron chi connectivity index (χ1n) is 6.32. The summed E-state index contributed by atoms with van der Waals surface area (Å²) in [6.07, 6.45) is 2.14. The summed E-state index contributed by atoms with van der Waals surface area (Å²) in [6.45, 7) is 0. The van der Waals surface area contributed by atoms with E-state index in [1.807, 2.05) is 42.3 Å². The molecule has 0 N–H and O–H groups in total. The number of carbonyl (C=O) groups is 1. The summed E-state index contributed by atoms with van der Waals surface area (Å²) in [4.78, 5) is 23.0. The Hall–Kier alpha value is -2.95. The second kappa shape index (κ2) is 6.47. The Morgan fingerprint density at radius 2 is 1.71 bits per heavy atom. The Morgan fingerprint density at radius 3 is 2.24 bits per heavy atom.